The Hall–Kier alpha value is -2.33. The first-order valence-electron chi connectivity index (χ1n) is 5.94. The standard InChI is InChI=1S/C15H10ClFN2O/c16-10-2-1-3-12(8-10)19-14(6-7-18-19)13-5-4-11(17)9-15(13)20/h1-9,20H. The first kappa shape index (κ1) is 12.7. The van der Waals surface area contributed by atoms with Crippen molar-refractivity contribution in [3.63, 3.8) is 0 Å². The summed E-state index contributed by atoms with van der Waals surface area (Å²) in [5, 5.41) is 14.7. The molecule has 0 aliphatic carbocycles. The van der Waals surface area contributed by atoms with Crippen molar-refractivity contribution in [2.45, 2.75) is 0 Å². The average molecular weight is 289 g/mol. The number of phenolic OH excluding ortho intramolecular Hbond substituents is 1. The Labute approximate surface area is 119 Å². The molecule has 0 radical (unpaired) electrons. The zero-order valence-electron chi connectivity index (χ0n) is 10.3. The first-order valence-corrected chi connectivity index (χ1v) is 6.32. The Kier molecular flexibility index (Phi) is 3.16. The van der Waals surface area contributed by atoms with Gasteiger partial charge in [-0.3, -0.25) is 0 Å². The molecule has 0 fully saturated rings. The van der Waals surface area contributed by atoms with Crippen LogP contribution in [0.5, 0.6) is 5.75 Å². The molecule has 20 heavy (non-hydrogen) atoms. The number of benzene rings is 2. The maximum Gasteiger partial charge on any atom is 0.127 e. The van der Waals surface area contributed by atoms with E-state index in [1.165, 1.54) is 12.1 Å². The predicted molar refractivity (Wildman–Crippen MR) is 75.6 cm³/mol. The van der Waals surface area contributed by atoms with Crippen LogP contribution in [-0.4, -0.2) is 14.9 Å². The van der Waals surface area contributed by atoms with Gasteiger partial charge in [-0.25, -0.2) is 9.07 Å². The van der Waals surface area contributed by atoms with Crippen molar-refractivity contribution in [2.24, 2.45) is 0 Å². The largest absolute Gasteiger partial charge is 0.507 e. The lowest BCUT2D eigenvalue weighted by Crippen LogP contribution is -1.98. The van der Waals surface area contributed by atoms with Crippen molar-refractivity contribution in [1.82, 2.24) is 9.78 Å². The molecule has 0 saturated heterocycles. The van der Waals surface area contributed by atoms with E-state index < -0.39 is 5.82 Å². The molecule has 0 atom stereocenters. The Morgan fingerprint density at radius 3 is 2.70 bits per heavy atom. The van der Waals surface area contributed by atoms with Crippen molar-refractivity contribution in [3.8, 4) is 22.7 Å². The second-order valence-corrected chi connectivity index (χ2v) is 4.71. The Balaban J connectivity index is 2.15. The molecule has 3 aromatic rings. The van der Waals surface area contributed by atoms with Crippen LogP contribution in [0.2, 0.25) is 5.02 Å². The number of halogens is 2. The van der Waals surface area contributed by atoms with Crippen LogP contribution >= 0.6 is 11.6 Å². The summed E-state index contributed by atoms with van der Waals surface area (Å²) in [7, 11) is 0. The molecule has 0 bridgehead atoms. The highest BCUT2D eigenvalue weighted by atomic mass is 35.5. The van der Waals surface area contributed by atoms with Crippen molar-refractivity contribution in [1.29, 1.82) is 0 Å². The van der Waals surface area contributed by atoms with Crippen molar-refractivity contribution in [3.05, 3.63) is 65.6 Å². The molecule has 3 rings (SSSR count). The van der Waals surface area contributed by atoms with E-state index in [9.17, 15) is 9.50 Å². The highest BCUT2D eigenvalue weighted by Gasteiger charge is 2.12. The van der Waals surface area contributed by atoms with Crippen LogP contribution in [0.3, 0.4) is 0 Å². The zero-order valence-corrected chi connectivity index (χ0v) is 11.0. The second-order valence-electron chi connectivity index (χ2n) is 4.27. The van der Waals surface area contributed by atoms with E-state index in [1.54, 1.807) is 29.1 Å². The van der Waals surface area contributed by atoms with E-state index in [0.29, 0.717) is 16.3 Å². The van der Waals surface area contributed by atoms with Crippen molar-refractivity contribution >= 4 is 11.6 Å². The molecule has 0 aliphatic rings. The maximum absolute atomic E-state index is 13.1. The van der Waals surface area contributed by atoms with Gasteiger partial charge < -0.3 is 5.11 Å². The van der Waals surface area contributed by atoms with E-state index in [2.05, 4.69) is 5.10 Å². The Morgan fingerprint density at radius 2 is 1.95 bits per heavy atom. The molecule has 3 nitrogen and oxygen atoms in total. The van der Waals surface area contributed by atoms with E-state index in [-0.39, 0.29) is 5.75 Å². The summed E-state index contributed by atoms with van der Waals surface area (Å²) in [6.07, 6.45) is 1.61. The van der Waals surface area contributed by atoms with Gasteiger partial charge in [0, 0.05) is 16.7 Å². The maximum atomic E-state index is 13.1. The predicted octanol–water partition coefficient (Wildman–Crippen LogP) is 4.04. The van der Waals surface area contributed by atoms with Gasteiger partial charge in [-0.2, -0.15) is 5.10 Å². The Bertz CT molecular complexity index is 770. The summed E-state index contributed by atoms with van der Waals surface area (Å²) < 4.78 is 14.7. The van der Waals surface area contributed by atoms with Crippen LogP contribution in [-0.2, 0) is 0 Å². The molecule has 1 aromatic heterocycles. The van der Waals surface area contributed by atoms with E-state index >= 15 is 0 Å². The summed E-state index contributed by atoms with van der Waals surface area (Å²) in [5.41, 5.74) is 1.93. The summed E-state index contributed by atoms with van der Waals surface area (Å²) in [6.45, 7) is 0. The second kappa shape index (κ2) is 4.98. The van der Waals surface area contributed by atoms with E-state index in [4.69, 9.17) is 11.6 Å². The molecule has 1 N–H and O–H groups in total. The third-order valence-corrected chi connectivity index (χ3v) is 3.17. The average Bonchev–Trinajstić information content (AvgIpc) is 2.87. The summed E-state index contributed by atoms with van der Waals surface area (Å²) in [5.74, 6) is -0.617. The minimum Gasteiger partial charge on any atom is -0.507 e. The monoisotopic (exact) mass is 288 g/mol. The van der Waals surface area contributed by atoms with Crippen molar-refractivity contribution in [2.75, 3.05) is 0 Å². The molecule has 2 aromatic carbocycles. The van der Waals surface area contributed by atoms with Gasteiger partial charge in [-0.15, -0.1) is 0 Å². The lowest BCUT2D eigenvalue weighted by atomic mass is 10.1. The molecular weight excluding hydrogens is 279 g/mol. The number of aromatic nitrogens is 2. The first-order chi connectivity index (χ1) is 9.65. The number of phenols is 1. The normalized spacial score (nSPS) is 10.7. The lowest BCUT2D eigenvalue weighted by Gasteiger charge is -2.09. The van der Waals surface area contributed by atoms with Gasteiger partial charge in [-0.05, 0) is 36.4 Å². The smallest absolute Gasteiger partial charge is 0.127 e. The third kappa shape index (κ3) is 2.26. The summed E-state index contributed by atoms with van der Waals surface area (Å²) in [6, 6.07) is 12.8. The van der Waals surface area contributed by atoms with Crippen LogP contribution in [0.1, 0.15) is 0 Å². The van der Waals surface area contributed by atoms with Crippen LogP contribution < -0.4 is 0 Å². The van der Waals surface area contributed by atoms with E-state index in [0.717, 1.165) is 11.8 Å². The van der Waals surface area contributed by atoms with Gasteiger partial charge in [0.1, 0.15) is 11.6 Å². The molecule has 0 unspecified atom stereocenters. The fourth-order valence-electron chi connectivity index (χ4n) is 2.04. The lowest BCUT2D eigenvalue weighted by molar-refractivity contribution is 0.470. The zero-order chi connectivity index (χ0) is 14.1. The molecule has 5 heteroatoms. The third-order valence-electron chi connectivity index (χ3n) is 2.93. The number of hydrogen-bond acceptors (Lipinski definition) is 2. The highest BCUT2D eigenvalue weighted by molar-refractivity contribution is 6.30. The molecular formula is C15H10ClFN2O. The topological polar surface area (TPSA) is 38.1 Å². The van der Waals surface area contributed by atoms with Crippen LogP contribution in [0.4, 0.5) is 4.39 Å². The molecule has 0 amide bonds. The summed E-state index contributed by atoms with van der Waals surface area (Å²) in [4.78, 5) is 0. The summed E-state index contributed by atoms with van der Waals surface area (Å²) >= 11 is 5.97. The van der Waals surface area contributed by atoms with Gasteiger partial charge in [0.15, 0.2) is 0 Å². The molecule has 0 saturated carbocycles. The molecule has 100 valence electrons. The number of nitrogens with zero attached hydrogens (tertiary/aromatic N) is 2. The molecule has 1 heterocycles. The fraction of sp³-hybridized carbons (Fsp3) is 0. The van der Waals surface area contributed by atoms with Gasteiger partial charge in [0.05, 0.1) is 17.6 Å². The SMILES string of the molecule is Oc1cc(F)ccc1-c1ccnn1-c1cccc(Cl)c1. The minimum absolute atomic E-state index is 0.131. The quantitative estimate of drug-likeness (QED) is 0.773. The molecule has 0 aliphatic heterocycles. The van der Waals surface area contributed by atoms with Crippen LogP contribution in [0.25, 0.3) is 16.9 Å². The van der Waals surface area contributed by atoms with Gasteiger partial charge >= 0.3 is 0 Å². The Morgan fingerprint density at radius 1 is 1.10 bits per heavy atom. The van der Waals surface area contributed by atoms with Crippen molar-refractivity contribution < 1.29 is 9.50 Å². The number of rotatable bonds is 2. The number of aromatic hydroxyl groups is 1. The van der Waals surface area contributed by atoms with Gasteiger partial charge in [-0.1, -0.05) is 17.7 Å². The minimum atomic E-state index is -0.486. The number of hydrogen-bond donors (Lipinski definition) is 1. The highest BCUT2D eigenvalue weighted by Crippen LogP contribution is 2.31. The van der Waals surface area contributed by atoms with Gasteiger partial charge in [0.2, 0.25) is 0 Å². The van der Waals surface area contributed by atoms with Crippen LogP contribution in [0.15, 0.2) is 54.7 Å². The van der Waals surface area contributed by atoms with Gasteiger partial charge in [0.25, 0.3) is 0 Å². The molecule has 0 spiro atoms. The van der Waals surface area contributed by atoms with Crippen LogP contribution in [0, 0.1) is 5.82 Å². The fourth-order valence-corrected chi connectivity index (χ4v) is 2.23. The van der Waals surface area contributed by atoms with E-state index in [1.807, 2.05) is 12.1 Å².